The van der Waals surface area contributed by atoms with Gasteiger partial charge in [0.1, 0.15) is 5.41 Å². The van der Waals surface area contributed by atoms with Gasteiger partial charge >= 0.3 is 12.0 Å². The van der Waals surface area contributed by atoms with Crippen LogP contribution in [0.5, 0.6) is 0 Å². The number of carbonyl (C=O) groups excluding carboxylic acids is 1. The SMILES string of the molecule is CC1(C)CCCCC1NC(=O)NC1COCC1(C)C(=O)O. The number of amides is 2. The van der Waals surface area contributed by atoms with E-state index in [4.69, 9.17) is 4.74 Å². The minimum absolute atomic E-state index is 0.0812. The molecule has 2 amide bonds. The summed E-state index contributed by atoms with van der Waals surface area (Å²) in [6.45, 7) is 6.30. The molecule has 0 aromatic heterocycles. The molecule has 0 aromatic carbocycles. The van der Waals surface area contributed by atoms with Crippen molar-refractivity contribution in [2.24, 2.45) is 10.8 Å². The lowest BCUT2D eigenvalue weighted by Gasteiger charge is -2.39. The average molecular weight is 298 g/mol. The fraction of sp³-hybridized carbons (Fsp3) is 0.867. The smallest absolute Gasteiger partial charge is 0.315 e. The Hall–Kier alpha value is -1.30. The number of carboxylic acid groups (broad SMARTS) is 1. The van der Waals surface area contributed by atoms with E-state index in [0.29, 0.717) is 0 Å². The van der Waals surface area contributed by atoms with Crippen LogP contribution in [0.1, 0.15) is 46.5 Å². The molecule has 1 aliphatic heterocycles. The summed E-state index contributed by atoms with van der Waals surface area (Å²) in [5.74, 6) is -0.941. The maximum atomic E-state index is 12.2. The highest BCUT2D eigenvalue weighted by molar-refractivity contribution is 5.79. The molecule has 1 saturated carbocycles. The number of carboxylic acids is 1. The minimum Gasteiger partial charge on any atom is -0.481 e. The van der Waals surface area contributed by atoms with Crippen LogP contribution in [-0.2, 0) is 9.53 Å². The number of aliphatic carboxylic acids is 1. The Morgan fingerprint density at radius 2 is 1.81 bits per heavy atom. The number of rotatable bonds is 3. The summed E-state index contributed by atoms with van der Waals surface area (Å²) >= 11 is 0. The maximum Gasteiger partial charge on any atom is 0.315 e. The summed E-state index contributed by atoms with van der Waals surface area (Å²) in [7, 11) is 0. The van der Waals surface area contributed by atoms with E-state index in [1.807, 2.05) is 0 Å². The Labute approximate surface area is 125 Å². The lowest BCUT2D eigenvalue weighted by molar-refractivity contribution is -0.148. The first-order valence-electron chi connectivity index (χ1n) is 7.64. The summed E-state index contributed by atoms with van der Waals surface area (Å²) in [5.41, 5.74) is -0.975. The van der Waals surface area contributed by atoms with E-state index in [9.17, 15) is 14.7 Å². The van der Waals surface area contributed by atoms with E-state index >= 15 is 0 Å². The zero-order valence-electron chi connectivity index (χ0n) is 13.1. The van der Waals surface area contributed by atoms with Crippen LogP contribution in [-0.4, -0.2) is 42.4 Å². The highest BCUT2D eigenvalue weighted by atomic mass is 16.5. The molecule has 0 aromatic rings. The van der Waals surface area contributed by atoms with Gasteiger partial charge in [-0.05, 0) is 25.2 Å². The van der Waals surface area contributed by atoms with Crippen LogP contribution in [0.4, 0.5) is 4.79 Å². The van der Waals surface area contributed by atoms with Crippen molar-refractivity contribution in [3.63, 3.8) is 0 Å². The number of hydrogen-bond donors (Lipinski definition) is 3. The van der Waals surface area contributed by atoms with Crippen molar-refractivity contribution < 1.29 is 19.4 Å². The summed E-state index contributed by atoms with van der Waals surface area (Å²) in [5, 5.41) is 15.1. The molecule has 1 saturated heterocycles. The molecule has 3 N–H and O–H groups in total. The first-order chi connectivity index (χ1) is 9.75. The summed E-state index contributed by atoms with van der Waals surface area (Å²) in [6, 6.07) is -0.663. The van der Waals surface area contributed by atoms with Crippen molar-refractivity contribution in [1.29, 1.82) is 0 Å². The van der Waals surface area contributed by atoms with E-state index in [2.05, 4.69) is 24.5 Å². The van der Waals surface area contributed by atoms with Crippen LogP contribution in [0.2, 0.25) is 0 Å². The summed E-state index contributed by atoms with van der Waals surface area (Å²) in [6.07, 6.45) is 4.38. The van der Waals surface area contributed by atoms with Gasteiger partial charge in [-0.15, -0.1) is 0 Å². The van der Waals surface area contributed by atoms with E-state index in [1.54, 1.807) is 6.92 Å². The largest absolute Gasteiger partial charge is 0.481 e. The molecule has 2 aliphatic rings. The zero-order valence-corrected chi connectivity index (χ0v) is 13.1. The molecule has 21 heavy (non-hydrogen) atoms. The lowest BCUT2D eigenvalue weighted by Crippen LogP contribution is -2.56. The van der Waals surface area contributed by atoms with Crippen molar-refractivity contribution in [2.75, 3.05) is 13.2 Å². The highest BCUT2D eigenvalue weighted by Gasteiger charge is 2.47. The highest BCUT2D eigenvalue weighted by Crippen LogP contribution is 2.35. The van der Waals surface area contributed by atoms with Crippen LogP contribution < -0.4 is 10.6 Å². The normalized spacial score (nSPS) is 35.2. The summed E-state index contributed by atoms with van der Waals surface area (Å²) in [4.78, 5) is 23.6. The predicted octanol–water partition coefficient (Wildman–Crippen LogP) is 1.74. The Bertz CT molecular complexity index is 424. The van der Waals surface area contributed by atoms with Crippen molar-refractivity contribution in [1.82, 2.24) is 10.6 Å². The number of urea groups is 1. The molecule has 3 unspecified atom stereocenters. The van der Waals surface area contributed by atoms with Crippen LogP contribution in [0.15, 0.2) is 0 Å². The molecular formula is C15H26N2O4. The molecule has 1 aliphatic carbocycles. The first-order valence-corrected chi connectivity index (χ1v) is 7.64. The van der Waals surface area contributed by atoms with E-state index in [1.165, 1.54) is 6.42 Å². The number of nitrogens with one attached hydrogen (secondary N) is 2. The van der Waals surface area contributed by atoms with Crippen molar-refractivity contribution in [3.8, 4) is 0 Å². The number of ether oxygens (including phenoxy) is 1. The van der Waals surface area contributed by atoms with Crippen molar-refractivity contribution in [2.45, 2.75) is 58.5 Å². The fourth-order valence-corrected chi connectivity index (χ4v) is 3.20. The molecular weight excluding hydrogens is 272 g/mol. The molecule has 2 rings (SSSR count). The fourth-order valence-electron chi connectivity index (χ4n) is 3.20. The van der Waals surface area contributed by atoms with Gasteiger partial charge in [0.15, 0.2) is 0 Å². The van der Waals surface area contributed by atoms with Gasteiger partial charge in [-0.2, -0.15) is 0 Å². The van der Waals surface area contributed by atoms with Gasteiger partial charge < -0.3 is 20.5 Å². The monoisotopic (exact) mass is 298 g/mol. The molecule has 120 valence electrons. The number of hydrogen-bond acceptors (Lipinski definition) is 3. The van der Waals surface area contributed by atoms with Crippen LogP contribution in [0.25, 0.3) is 0 Å². The van der Waals surface area contributed by atoms with Gasteiger partial charge in [0.2, 0.25) is 0 Å². The van der Waals surface area contributed by atoms with Crippen molar-refractivity contribution in [3.05, 3.63) is 0 Å². The van der Waals surface area contributed by atoms with Gasteiger partial charge in [-0.1, -0.05) is 26.7 Å². The van der Waals surface area contributed by atoms with Gasteiger partial charge in [-0.3, -0.25) is 4.79 Å². The van der Waals surface area contributed by atoms with Gasteiger partial charge in [0, 0.05) is 6.04 Å². The van der Waals surface area contributed by atoms with E-state index < -0.39 is 17.4 Å². The molecule has 6 nitrogen and oxygen atoms in total. The van der Waals surface area contributed by atoms with Gasteiger partial charge in [0.05, 0.1) is 19.3 Å². The quantitative estimate of drug-likeness (QED) is 0.740. The molecule has 0 radical (unpaired) electrons. The standard InChI is InChI=1S/C15H26N2O4/c1-14(2)7-5-4-6-10(14)16-13(20)17-11-8-21-9-15(11,3)12(18)19/h10-11H,4-9H2,1-3H3,(H,18,19)(H2,16,17,20). The third-order valence-electron chi connectivity index (χ3n) is 5.06. The Morgan fingerprint density at radius 1 is 1.14 bits per heavy atom. The molecule has 0 spiro atoms. The molecule has 6 heteroatoms. The van der Waals surface area contributed by atoms with Gasteiger partial charge in [0.25, 0.3) is 0 Å². The maximum absolute atomic E-state index is 12.2. The second kappa shape index (κ2) is 5.83. The lowest BCUT2D eigenvalue weighted by atomic mass is 9.73. The first kappa shape index (κ1) is 16.1. The number of carbonyl (C=O) groups is 2. The topological polar surface area (TPSA) is 87.7 Å². The Morgan fingerprint density at radius 3 is 2.43 bits per heavy atom. The molecule has 2 fully saturated rings. The second-order valence-electron chi connectivity index (χ2n) is 7.20. The second-order valence-corrected chi connectivity index (χ2v) is 7.20. The predicted molar refractivity (Wildman–Crippen MR) is 78.1 cm³/mol. The third-order valence-corrected chi connectivity index (χ3v) is 5.06. The Balaban J connectivity index is 1.94. The Kier molecular flexibility index (Phi) is 4.46. The zero-order chi connectivity index (χ0) is 15.7. The van der Waals surface area contributed by atoms with Gasteiger partial charge in [-0.25, -0.2) is 4.79 Å². The average Bonchev–Trinajstić information content (AvgIpc) is 2.75. The van der Waals surface area contributed by atoms with Crippen LogP contribution in [0, 0.1) is 10.8 Å². The molecule has 0 bridgehead atoms. The van der Waals surface area contributed by atoms with Crippen LogP contribution in [0.3, 0.4) is 0 Å². The molecule has 3 atom stereocenters. The summed E-state index contributed by atoms with van der Waals surface area (Å²) < 4.78 is 5.24. The van der Waals surface area contributed by atoms with Crippen molar-refractivity contribution >= 4 is 12.0 Å². The van der Waals surface area contributed by atoms with E-state index in [0.717, 1.165) is 19.3 Å². The van der Waals surface area contributed by atoms with E-state index in [-0.39, 0.29) is 30.7 Å². The third kappa shape index (κ3) is 3.31. The van der Waals surface area contributed by atoms with Crippen LogP contribution >= 0.6 is 0 Å². The minimum atomic E-state index is -1.06. The molecule has 1 heterocycles.